The van der Waals surface area contributed by atoms with Crippen molar-refractivity contribution in [3.8, 4) is 5.69 Å². The van der Waals surface area contributed by atoms with Gasteiger partial charge in [0.05, 0.1) is 17.4 Å². The molecule has 1 saturated heterocycles. The summed E-state index contributed by atoms with van der Waals surface area (Å²) in [5.74, 6) is -1.80. The summed E-state index contributed by atoms with van der Waals surface area (Å²) >= 11 is 0. The summed E-state index contributed by atoms with van der Waals surface area (Å²) in [5, 5.41) is 21.6. The molecule has 0 unspecified atom stereocenters. The molecule has 0 radical (unpaired) electrons. The first-order valence-corrected chi connectivity index (χ1v) is 13.5. The van der Waals surface area contributed by atoms with Gasteiger partial charge in [-0.3, -0.25) is 14.9 Å². The number of carbonyl (C=O) groups is 2. The molecular weight excluding hydrogens is 534 g/mol. The molecule has 3 amide bonds. The van der Waals surface area contributed by atoms with E-state index >= 15 is 0 Å². The van der Waals surface area contributed by atoms with Crippen LogP contribution in [0.5, 0.6) is 0 Å². The molecule has 1 fully saturated rings. The lowest BCUT2D eigenvalue weighted by Gasteiger charge is -2.25. The highest BCUT2D eigenvalue weighted by Gasteiger charge is 2.36. The van der Waals surface area contributed by atoms with Crippen molar-refractivity contribution in [3.63, 3.8) is 0 Å². The van der Waals surface area contributed by atoms with E-state index in [9.17, 15) is 23.5 Å². The van der Waals surface area contributed by atoms with E-state index in [-0.39, 0.29) is 5.91 Å². The largest absolute Gasteiger partial charge is 0.387 e. The number of para-hydroxylation sites is 1. The molecule has 2 aliphatic heterocycles. The van der Waals surface area contributed by atoms with E-state index in [2.05, 4.69) is 10.6 Å². The highest BCUT2D eigenvalue weighted by molar-refractivity contribution is 5.91. The fourth-order valence-corrected chi connectivity index (χ4v) is 5.13. The minimum Gasteiger partial charge on any atom is -0.387 e. The van der Waals surface area contributed by atoms with Crippen molar-refractivity contribution < 1.29 is 28.3 Å². The minimum absolute atomic E-state index is 0.329. The molecule has 2 aliphatic rings. The molecule has 216 valence electrons. The Bertz CT molecular complexity index is 1460. The van der Waals surface area contributed by atoms with Gasteiger partial charge < -0.3 is 15.3 Å². The molecule has 0 bridgehead atoms. The molecule has 0 spiro atoms. The number of nitrogens with zero attached hydrogens (tertiary/aromatic N) is 4. The van der Waals surface area contributed by atoms with Gasteiger partial charge in [-0.1, -0.05) is 37.3 Å². The summed E-state index contributed by atoms with van der Waals surface area (Å²) in [4.78, 5) is 32.8. The fourth-order valence-electron chi connectivity index (χ4n) is 5.13. The maximum Gasteiger partial charge on any atom is 0.320 e. The molecule has 3 heterocycles. The van der Waals surface area contributed by atoms with Crippen LogP contribution in [-0.4, -0.2) is 75.6 Å². The van der Waals surface area contributed by atoms with Gasteiger partial charge in [-0.05, 0) is 48.7 Å². The molecular formula is C29H32F2N6O4. The number of urea groups is 1. The van der Waals surface area contributed by atoms with Crippen molar-refractivity contribution in [1.29, 1.82) is 0 Å². The van der Waals surface area contributed by atoms with Crippen LogP contribution in [0.3, 0.4) is 0 Å². The highest BCUT2D eigenvalue weighted by Crippen LogP contribution is 2.32. The zero-order valence-electron chi connectivity index (χ0n) is 22.8. The zero-order chi connectivity index (χ0) is 29.1. The molecule has 0 aliphatic carbocycles. The van der Waals surface area contributed by atoms with Gasteiger partial charge in [0.15, 0.2) is 11.6 Å². The van der Waals surface area contributed by atoms with Gasteiger partial charge >= 0.3 is 6.03 Å². The number of aliphatic hydroxyl groups excluding tert-OH is 1. The number of aliphatic hydroxyl groups is 1. The Hall–Kier alpha value is -4.13. The summed E-state index contributed by atoms with van der Waals surface area (Å²) in [6.45, 7) is 4.93. The normalized spacial score (nSPS) is 19.2. The standard InChI is InChI=1S/C29H32F2N6O4/c1-3-36-16-24(27(41-36)20-9-10-22(30)23(31)15-20)32-29(40)33-28-18(2)26(34-37(28)21-7-5-4-6-8-21)19-11-13-35(14-12-19)25(39)17-38/h4-11,15,24,27,38H,3,12-14,16-17H2,1-2H3,(H2,32,33,40)/t24-,27+/m1/s1. The molecule has 0 saturated carbocycles. The minimum atomic E-state index is -0.986. The van der Waals surface area contributed by atoms with Gasteiger partial charge in [-0.15, -0.1) is 0 Å². The van der Waals surface area contributed by atoms with Gasteiger partial charge in [0, 0.05) is 31.7 Å². The van der Waals surface area contributed by atoms with E-state index in [1.807, 2.05) is 50.3 Å². The number of rotatable bonds is 7. The summed E-state index contributed by atoms with van der Waals surface area (Å²) in [7, 11) is 0. The van der Waals surface area contributed by atoms with Crippen LogP contribution in [-0.2, 0) is 9.63 Å². The number of anilines is 1. The predicted molar refractivity (Wildman–Crippen MR) is 148 cm³/mol. The van der Waals surface area contributed by atoms with Crippen LogP contribution in [0.25, 0.3) is 11.3 Å². The molecule has 41 heavy (non-hydrogen) atoms. The summed E-state index contributed by atoms with van der Waals surface area (Å²) in [5.41, 5.74) is 3.53. The second-order valence-electron chi connectivity index (χ2n) is 9.93. The number of carbonyl (C=O) groups excluding carboxylic acids is 2. The second-order valence-corrected chi connectivity index (χ2v) is 9.93. The van der Waals surface area contributed by atoms with Crippen molar-refractivity contribution in [1.82, 2.24) is 25.1 Å². The van der Waals surface area contributed by atoms with Crippen molar-refractivity contribution in [2.45, 2.75) is 32.4 Å². The van der Waals surface area contributed by atoms with Gasteiger partial charge in [0.2, 0.25) is 5.91 Å². The van der Waals surface area contributed by atoms with Gasteiger partial charge in [-0.2, -0.15) is 10.2 Å². The number of hydrogen-bond donors (Lipinski definition) is 3. The fraction of sp³-hybridized carbons (Fsp3) is 0.345. The van der Waals surface area contributed by atoms with Gasteiger partial charge in [-0.25, -0.2) is 18.3 Å². The molecule has 10 nitrogen and oxygen atoms in total. The summed E-state index contributed by atoms with van der Waals surface area (Å²) in [6, 6.07) is 11.9. The first kappa shape index (κ1) is 28.4. The molecule has 12 heteroatoms. The van der Waals surface area contributed by atoms with Crippen LogP contribution in [0.1, 0.15) is 36.3 Å². The lowest BCUT2D eigenvalue weighted by molar-refractivity contribution is -0.144. The third-order valence-corrected chi connectivity index (χ3v) is 7.33. The van der Waals surface area contributed by atoms with Crippen LogP contribution in [0.15, 0.2) is 54.6 Å². The second kappa shape index (κ2) is 12.2. The third-order valence-electron chi connectivity index (χ3n) is 7.33. The Morgan fingerprint density at radius 2 is 1.93 bits per heavy atom. The Morgan fingerprint density at radius 1 is 1.15 bits per heavy atom. The number of amides is 3. The Kier molecular flexibility index (Phi) is 8.43. The molecule has 5 rings (SSSR count). The Labute approximate surface area is 236 Å². The number of hydroxylamine groups is 2. The molecule has 1 aromatic heterocycles. The smallest absolute Gasteiger partial charge is 0.320 e. The number of halogens is 2. The number of benzene rings is 2. The van der Waals surface area contributed by atoms with Crippen molar-refractivity contribution in [3.05, 3.63) is 83.1 Å². The van der Waals surface area contributed by atoms with Gasteiger partial charge in [0.1, 0.15) is 18.5 Å². The average molecular weight is 567 g/mol. The number of likely N-dealkylation sites (N-methyl/N-ethyl adjacent to an activating group) is 1. The maximum absolute atomic E-state index is 14.0. The average Bonchev–Trinajstić information content (AvgIpc) is 3.55. The first-order valence-electron chi connectivity index (χ1n) is 13.5. The quantitative estimate of drug-likeness (QED) is 0.403. The SMILES string of the molecule is CCN1C[C@@H](NC(=O)Nc2c(C)c(C3=CCN(C(=O)CO)CC3)nn2-c2ccccc2)[C@H](c2ccc(F)c(F)c2)O1. The van der Waals surface area contributed by atoms with Gasteiger partial charge in [0.25, 0.3) is 0 Å². The molecule has 2 aromatic carbocycles. The van der Waals surface area contributed by atoms with Crippen LogP contribution in [0, 0.1) is 18.6 Å². The maximum atomic E-state index is 14.0. The van der Waals surface area contributed by atoms with E-state index < -0.39 is 36.4 Å². The molecule has 3 aromatic rings. The Morgan fingerprint density at radius 3 is 2.59 bits per heavy atom. The molecule has 2 atom stereocenters. The Balaban J connectivity index is 1.40. The lowest BCUT2D eigenvalue weighted by atomic mass is 10.0. The van der Waals surface area contributed by atoms with Crippen LogP contribution < -0.4 is 10.6 Å². The summed E-state index contributed by atoms with van der Waals surface area (Å²) < 4.78 is 29.2. The first-order chi connectivity index (χ1) is 19.8. The zero-order valence-corrected chi connectivity index (χ0v) is 22.8. The van der Waals surface area contributed by atoms with Crippen molar-refractivity contribution >= 4 is 23.3 Å². The van der Waals surface area contributed by atoms with Crippen LogP contribution in [0.2, 0.25) is 0 Å². The van der Waals surface area contributed by atoms with Crippen molar-refractivity contribution in [2.24, 2.45) is 0 Å². The van der Waals surface area contributed by atoms with Crippen LogP contribution >= 0.6 is 0 Å². The highest BCUT2D eigenvalue weighted by atomic mass is 19.2. The molecule has 3 N–H and O–H groups in total. The lowest BCUT2D eigenvalue weighted by Crippen LogP contribution is -2.42. The summed E-state index contributed by atoms with van der Waals surface area (Å²) in [6.07, 6.45) is 1.75. The van der Waals surface area contributed by atoms with E-state index in [0.29, 0.717) is 49.7 Å². The third kappa shape index (κ3) is 5.99. The monoisotopic (exact) mass is 566 g/mol. The van der Waals surface area contributed by atoms with E-state index in [4.69, 9.17) is 9.94 Å². The van der Waals surface area contributed by atoms with Crippen molar-refractivity contribution in [2.75, 3.05) is 38.1 Å². The van der Waals surface area contributed by atoms with Crippen LogP contribution in [0.4, 0.5) is 19.4 Å². The van der Waals surface area contributed by atoms with E-state index in [0.717, 1.165) is 29.0 Å². The predicted octanol–water partition coefficient (Wildman–Crippen LogP) is 3.57. The topological polar surface area (TPSA) is 112 Å². The number of aromatic nitrogens is 2. The van der Waals surface area contributed by atoms with E-state index in [1.165, 1.54) is 6.07 Å². The van der Waals surface area contributed by atoms with E-state index in [1.54, 1.807) is 14.6 Å². The number of nitrogens with one attached hydrogen (secondary N) is 2. The number of hydrogen-bond acceptors (Lipinski definition) is 6.